The van der Waals surface area contributed by atoms with Gasteiger partial charge in [-0.1, -0.05) is 47.6 Å². The van der Waals surface area contributed by atoms with Gasteiger partial charge >= 0.3 is 11.9 Å². The normalized spacial score (nSPS) is 21.7. The van der Waals surface area contributed by atoms with Crippen LogP contribution in [0.5, 0.6) is 11.5 Å². The van der Waals surface area contributed by atoms with Crippen LogP contribution in [0.1, 0.15) is 41.8 Å². The van der Waals surface area contributed by atoms with Crippen LogP contribution in [0.3, 0.4) is 0 Å². The number of carbonyl (C=O) groups is 4. The number of nitrogen functional groups attached to an aromatic ring is 1. The second-order valence-corrected chi connectivity index (χ2v) is 15.5. The van der Waals surface area contributed by atoms with Gasteiger partial charge in [-0.05, 0) is 36.6 Å². The Labute approximate surface area is 306 Å². The molecular formula is C35H37N6O9S2+. The Morgan fingerprint density at radius 3 is 2.54 bits per heavy atom. The lowest BCUT2D eigenvalue weighted by Crippen LogP contribution is -2.71. The largest absolute Gasteiger partial charge is 0.504 e. The number of rotatable bonds is 11. The van der Waals surface area contributed by atoms with Crippen molar-refractivity contribution in [3.63, 3.8) is 0 Å². The van der Waals surface area contributed by atoms with Gasteiger partial charge in [0.15, 0.2) is 22.3 Å². The number of carboxylic acid groups (broad SMARTS) is 2. The van der Waals surface area contributed by atoms with Gasteiger partial charge in [-0.15, -0.1) is 23.1 Å². The first-order valence-corrected chi connectivity index (χ1v) is 18.1. The molecule has 1 fully saturated rings. The summed E-state index contributed by atoms with van der Waals surface area (Å²) in [6.07, 6.45) is 4.23. The smallest absolute Gasteiger partial charge is 0.352 e. The van der Waals surface area contributed by atoms with E-state index in [4.69, 9.17) is 10.6 Å². The summed E-state index contributed by atoms with van der Waals surface area (Å²) < 4.78 is 0.655. The molecule has 2 aromatic carbocycles. The minimum absolute atomic E-state index is 0.0159. The van der Waals surface area contributed by atoms with Gasteiger partial charge in [0.05, 0.1) is 19.2 Å². The number of carbonyl (C=O) groups excluding carboxylic acids is 2. The van der Waals surface area contributed by atoms with Crippen molar-refractivity contribution in [3.8, 4) is 11.5 Å². The van der Waals surface area contributed by atoms with E-state index in [1.807, 2.05) is 30.3 Å². The fraction of sp³-hybridized carbons (Fsp3) is 0.314. The van der Waals surface area contributed by atoms with E-state index in [2.05, 4.69) is 22.5 Å². The Kier molecular flexibility index (Phi) is 9.78. The monoisotopic (exact) mass is 749 g/mol. The topological polar surface area (TPSA) is 225 Å². The minimum atomic E-state index is -1.78. The number of benzene rings is 2. The van der Waals surface area contributed by atoms with Crippen molar-refractivity contribution in [2.75, 3.05) is 25.1 Å². The lowest BCUT2D eigenvalue weighted by molar-refractivity contribution is -0.937. The highest BCUT2D eigenvalue weighted by Crippen LogP contribution is 2.41. The number of aromatic nitrogens is 1. The molecule has 4 heterocycles. The molecule has 52 heavy (non-hydrogen) atoms. The molecule has 3 aromatic rings. The zero-order valence-corrected chi connectivity index (χ0v) is 30.0. The summed E-state index contributed by atoms with van der Waals surface area (Å²) in [5, 5.41) is 47.1. The number of β-lactam (4-membered cyclic amide) rings is 1. The van der Waals surface area contributed by atoms with Gasteiger partial charge in [-0.3, -0.25) is 14.5 Å². The number of aromatic hydroxyl groups is 2. The maximum Gasteiger partial charge on any atom is 0.352 e. The molecule has 3 aliphatic rings. The van der Waals surface area contributed by atoms with Gasteiger partial charge in [0.2, 0.25) is 5.60 Å². The number of phenolic OH excluding ortho intramolecular Hbond substituents is 2. The van der Waals surface area contributed by atoms with E-state index in [0.717, 1.165) is 51.5 Å². The summed E-state index contributed by atoms with van der Waals surface area (Å²) in [6.45, 7) is 4.65. The maximum absolute atomic E-state index is 13.3. The van der Waals surface area contributed by atoms with E-state index in [-0.39, 0.29) is 33.8 Å². The van der Waals surface area contributed by atoms with Gasteiger partial charge in [0.1, 0.15) is 35.9 Å². The Morgan fingerprint density at radius 2 is 1.88 bits per heavy atom. The predicted octanol–water partition coefficient (Wildman–Crippen LogP) is 2.88. The highest BCUT2D eigenvalue weighted by Gasteiger charge is 2.54. The molecule has 3 atom stereocenters. The minimum Gasteiger partial charge on any atom is -0.504 e. The average molecular weight is 750 g/mol. The van der Waals surface area contributed by atoms with Gasteiger partial charge < -0.3 is 40.8 Å². The molecule has 17 heteroatoms. The van der Waals surface area contributed by atoms with Crippen LogP contribution < -0.4 is 11.1 Å². The van der Waals surface area contributed by atoms with Crippen molar-refractivity contribution in [3.05, 3.63) is 87.1 Å². The molecule has 0 radical (unpaired) electrons. The number of thioether (sulfide) groups is 1. The van der Waals surface area contributed by atoms with Crippen LogP contribution in [-0.2, 0) is 43.5 Å². The van der Waals surface area contributed by atoms with Crippen molar-refractivity contribution < 1.29 is 48.9 Å². The van der Waals surface area contributed by atoms with Crippen molar-refractivity contribution >= 4 is 63.8 Å². The number of allylic oxidation sites excluding steroid dienone is 1. The summed E-state index contributed by atoms with van der Waals surface area (Å²) in [5.41, 5.74) is 7.52. The fourth-order valence-electron chi connectivity index (χ4n) is 6.21. The van der Waals surface area contributed by atoms with E-state index in [9.17, 15) is 39.6 Å². The predicted molar refractivity (Wildman–Crippen MR) is 193 cm³/mol. The number of oxime groups is 1. The molecule has 1 saturated heterocycles. The number of carboxylic acids is 2. The Hall–Kier alpha value is -5.39. The van der Waals surface area contributed by atoms with Crippen LogP contribution >= 0.6 is 23.1 Å². The van der Waals surface area contributed by atoms with Crippen LogP contribution in [0.25, 0.3) is 6.08 Å². The van der Waals surface area contributed by atoms with Gasteiger partial charge in [-0.2, -0.15) is 0 Å². The van der Waals surface area contributed by atoms with Crippen LogP contribution in [0.4, 0.5) is 5.13 Å². The number of thiazole rings is 1. The number of hydrogen-bond acceptors (Lipinski definition) is 12. The van der Waals surface area contributed by atoms with E-state index in [0.29, 0.717) is 23.1 Å². The lowest BCUT2D eigenvalue weighted by Gasteiger charge is -2.49. The summed E-state index contributed by atoms with van der Waals surface area (Å²) >= 11 is 2.30. The summed E-state index contributed by atoms with van der Waals surface area (Å²) in [4.78, 5) is 60.9. The molecule has 2 amide bonds. The number of hydrogen-bond donors (Lipinski definition) is 6. The molecule has 6 rings (SSSR count). The number of phenols is 2. The Balaban J connectivity index is 1.13. The number of aliphatic carboxylic acids is 2. The number of amides is 2. The standard InChI is InChI=1S/C35H36N6O9S2/c1-35(2,33(48)49)50-39-25(23-17-52-34(36)37-23)29(44)38-26-30(45)40-27(32(46)47)21(16-51-31(26)40)9-8-18-4-6-19(7-5-18)14-41(3)13-12-20-10-11-24(42)28(43)22(20)15-41/h4-11,17,26,31H,12-16H2,1-3H3,(H6-,36,37,38,39,42,43,44,46,47,48,49)/p+1/b9-8+/t26-,31-,41?/m1/s1. The molecule has 1 unspecified atom stereocenters. The molecule has 7 N–H and O–H groups in total. The molecule has 1 aromatic heterocycles. The van der Waals surface area contributed by atoms with Crippen LogP contribution in [0, 0.1) is 0 Å². The molecule has 272 valence electrons. The number of nitrogens with two attached hydrogens (primary N) is 1. The molecular weight excluding hydrogens is 713 g/mol. The van der Waals surface area contributed by atoms with E-state index >= 15 is 0 Å². The number of fused-ring (bicyclic) bond motifs is 2. The second-order valence-electron chi connectivity index (χ2n) is 13.5. The first kappa shape index (κ1) is 36.4. The van der Waals surface area contributed by atoms with Crippen LogP contribution in [-0.4, -0.2) is 101 Å². The highest BCUT2D eigenvalue weighted by molar-refractivity contribution is 8.00. The first-order valence-electron chi connectivity index (χ1n) is 16.1. The number of anilines is 1. The lowest BCUT2D eigenvalue weighted by atomic mass is 9.96. The summed E-state index contributed by atoms with van der Waals surface area (Å²) in [5.74, 6) is -4.06. The zero-order chi connectivity index (χ0) is 37.5. The molecule has 3 aliphatic heterocycles. The number of nitrogens with one attached hydrogen (secondary N) is 1. The van der Waals surface area contributed by atoms with E-state index < -0.39 is 46.5 Å². The molecule has 0 aliphatic carbocycles. The summed E-state index contributed by atoms with van der Waals surface area (Å²) in [6, 6.07) is 10.1. The van der Waals surface area contributed by atoms with Crippen molar-refractivity contribution in [1.82, 2.24) is 15.2 Å². The summed E-state index contributed by atoms with van der Waals surface area (Å²) in [7, 11) is 2.11. The van der Waals surface area contributed by atoms with E-state index in [1.165, 1.54) is 37.1 Å². The van der Waals surface area contributed by atoms with Crippen LogP contribution in [0.15, 0.2) is 64.3 Å². The SMILES string of the molecule is CC(C)(O/N=C(\C(=O)N[C@@H]1C(=O)N2C(C(=O)O)=C(/C=C/c3ccc(C[N+]4(C)CCc5ccc(O)c(O)c5C4)cc3)CS[C@H]12)c1csc(N)n1)C(=O)O. The first-order chi connectivity index (χ1) is 24.6. The molecule has 0 saturated carbocycles. The maximum atomic E-state index is 13.3. The van der Waals surface area contributed by atoms with Crippen molar-refractivity contribution in [2.24, 2.45) is 5.16 Å². The number of quaternary nitrogens is 1. The van der Waals surface area contributed by atoms with E-state index in [1.54, 1.807) is 12.2 Å². The van der Waals surface area contributed by atoms with Crippen molar-refractivity contribution in [1.29, 1.82) is 0 Å². The molecule has 15 nitrogen and oxygen atoms in total. The molecule has 0 spiro atoms. The molecule has 0 bridgehead atoms. The number of nitrogens with zero attached hydrogens (tertiary/aromatic N) is 4. The zero-order valence-electron chi connectivity index (χ0n) is 28.4. The van der Waals surface area contributed by atoms with Gasteiger partial charge in [0, 0.05) is 23.1 Å². The third-order valence-electron chi connectivity index (χ3n) is 9.19. The average Bonchev–Trinajstić information content (AvgIpc) is 3.53. The van der Waals surface area contributed by atoms with Crippen molar-refractivity contribution in [2.45, 2.75) is 50.4 Å². The highest BCUT2D eigenvalue weighted by atomic mass is 32.2. The quantitative estimate of drug-likeness (QED) is 0.0548. The Morgan fingerprint density at radius 1 is 1.15 bits per heavy atom. The third kappa shape index (κ3) is 7.19. The second kappa shape index (κ2) is 14.0. The van der Waals surface area contributed by atoms with Gasteiger partial charge in [-0.25, -0.2) is 14.6 Å². The Bertz CT molecular complexity index is 2060. The van der Waals surface area contributed by atoms with Gasteiger partial charge in [0.25, 0.3) is 11.8 Å². The third-order valence-corrected chi connectivity index (χ3v) is 11.2. The number of likely N-dealkylation sites (N-methyl/N-ethyl adjacent to an activating group) is 1. The van der Waals surface area contributed by atoms with Crippen LogP contribution in [0.2, 0.25) is 0 Å². The fourth-order valence-corrected chi connectivity index (χ4v) is 8.08.